The number of esters is 1. The van der Waals surface area contributed by atoms with Gasteiger partial charge in [0.05, 0.1) is 6.54 Å². The van der Waals surface area contributed by atoms with E-state index in [1.807, 2.05) is 32.9 Å². The van der Waals surface area contributed by atoms with Crippen LogP contribution in [0.1, 0.15) is 23.6 Å². The Balaban J connectivity index is 0.000000515. The molecule has 0 fully saturated rings. The smallest absolute Gasteiger partial charge is 0.325 e. The maximum Gasteiger partial charge on any atom is 0.325 e. The standard InChI is InChI=1S/C12H17NO2.C5H9NO2/c1-7-5-6-8(2)11(9(7)3)13-10(4)12(14)15;1-2-3-8-5(7)4-6/h5-6,10,13H,1-4H3,(H,14,15);2H,1,3-4,6H2/t10-;/m0./s1. The summed E-state index contributed by atoms with van der Waals surface area (Å²) in [4.78, 5) is 20.9. The number of hydrogen-bond acceptors (Lipinski definition) is 5. The Morgan fingerprint density at radius 3 is 2.39 bits per heavy atom. The van der Waals surface area contributed by atoms with Crippen LogP contribution >= 0.6 is 0 Å². The zero-order chi connectivity index (χ0) is 18.0. The molecule has 23 heavy (non-hydrogen) atoms. The topological polar surface area (TPSA) is 102 Å². The Hall–Kier alpha value is -2.34. The molecule has 6 heteroatoms. The van der Waals surface area contributed by atoms with Crippen LogP contribution in [-0.4, -0.2) is 36.2 Å². The maximum absolute atomic E-state index is 10.7. The number of anilines is 1. The molecular weight excluding hydrogens is 296 g/mol. The lowest BCUT2D eigenvalue weighted by Crippen LogP contribution is -2.26. The van der Waals surface area contributed by atoms with Gasteiger partial charge in [-0.05, 0) is 44.4 Å². The van der Waals surface area contributed by atoms with Crippen LogP contribution in [-0.2, 0) is 14.3 Å². The molecule has 1 aromatic carbocycles. The molecular formula is C17H26N2O4. The molecule has 0 amide bonds. The third-order valence-electron chi connectivity index (χ3n) is 3.20. The van der Waals surface area contributed by atoms with Crippen molar-refractivity contribution in [3.63, 3.8) is 0 Å². The molecule has 0 heterocycles. The lowest BCUT2D eigenvalue weighted by molar-refractivity contribution is -0.140. The molecule has 0 aliphatic carbocycles. The van der Waals surface area contributed by atoms with Gasteiger partial charge < -0.3 is 20.9 Å². The van der Waals surface area contributed by atoms with Gasteiger partial charge in [0.1, 0.15) is 12.6 Å². The van der Waals surface area contributed by atoms with E-state index in [1.54, 1.807) is 6.92 Å². The van der Waals surface area contributed by atoms with Gasteiger partial charge in [0, 0.05) is 5.69 Å². The van der Waals surface area contributed by atoms with Gasteiger partial charge in [0.2, 0.25) is 0 Å². The number of ether oxygens (including phenoxy) is 1. The van der Waals surface area contributed by atoms with Crippen molar-refractivity contribution in [1.29, 1.82) is 0 Å². The second-order valence-electron chi connectivity index (χ2n) is 5.08. The summed E-state index contributed by atoms with van der Waals surface area (Å²) in [7, 11) is 0. The van der Waals surface area contributed by atoms with E-state index in [1.165, 1.54) is 11.6 Å². The summed E-state index contributed by atoms with van der Waals surface area (Å²) in [6, 6.07) is 3.48. The van der Waals surface area contributed by atoms with Gasteiger partial charge in [-0.2, -0.15) is 0 Å². The van der Waals surface area contributed by atoms with E-state index >= 15 is 0 Å². The molecule has 1 aromatic rings. The first-order chi connectivity index (χ1) is 10.7. The van der Waals surface area contributed by atoms with Gasteiger partial charge in [0.15, 0.2) is 0 Å². The summed E-state index contributed by atoms with van der Waals surface area (Å²) in [5.41, 5.74) is 9.20. The Bertz CT molecular complexity index is 556. The number of nitrogens with two attached hydrogens (primary N) is 1. The summed E-state index contributed by atoms with van der Waals surface area (Å²) in [6.07, 6.45) is 1.49. The average Bonchev–Trinajstić information content (AvgIpc) is 2.53. The van der Waals surface area contributed by atoms with Crippen LogP contribution < -0.4 is 11.1 Å². The number of rotatable bonds is 6. The monoisotopic (exact) mass is 322 g/mol. The van der Waals surface area contributed by atoms with Crippen LogP contribution in [0.15, 0.2) is 24.8 Å². The highest BCUT2D eigenvalue weighted by Crippen LogP contribution is 2.23. The first kappa shape index (κ1) is 20.7. The second-order valence-corrected chi connectivity index (χ2v) is 5.08. The third-order valence-corrected chi connectivity index (χ3v) is 3.20. The fraction of sp³-hybridized carbons (Fsp3) is 0.412. The number of carbonyl (C=O) groups is 2. The summed E-state index contributed by atoms with van der Waals surface area (Å²) < 4.78 is 4.46. The SMILES string of the molecule is C=CCOC(=O)CN.Cc1ccc(C)c(N[C@@H](C)C(=O)O)c1C. The number of benzene rings is 1. The number of nitrogens with one attached hydrogen (secondary N) is 1. The Morgan fingerprint density at radius 1 is 1.35 bits per heavy atom. The van der Waals surface area contributed by atoms with E-state index in [0.717, 1.165) is 16.8 Å². The minimum Gasteiger partial charge on any atom is -0.480 e. The molecule has 1 rings (SSSR count). The lowest BCUT2D eigenvalue weighted by Gasteiger charge is -2.17. The highest BCUT2D eigenvalue weighted by molar-refractivity contribution is 5.78. The fourth-order valence-electron chi connectivity index (χ4n) is 1.66. The molecule has 0 unspecified atom stereocenters. The Kier molecular flexibility index (Phi) is 9.34. The molecule has 1 atom stereocenters. The highest BCUT2D eigenvalue weighted by Gasteiger charge is 2.13. The summed E-state index contributed by atoms with van der Waals surface area (Å²) in [5, 5.41) is 11.9. The maximum atomic E-state index is 10.7. The average molecular weight is 322 g/mol. The van der Waals surface area contributed by atoms with Crippen LogP contribution in [0.3, 0.4) is 0 Å². The molecule has 0 aliphatic heterocycles. The number of carboxylic acid groups (broad SMARTS) is 1. The summed E-state index contributed by atoms with van der Waals surface area (Å²) >= 11 is 0. The fourth-order valence-corrected chi connectivity index (χ4v) is 1.66. The van der Waals surface area contributed by atoms with Gasteiger partial charge in [-0.1, -0.05) is 24.8 Å². The largest absolute Gasteiger partial charge is 0.480 e. The lowest BCUT2D eigenvalue weighted by atomic mass is 10.0. The predicted molar refractivity (Wildman–Crippen MR) is 91.6 cm³/mol. The number of carboxylic acids is 1. The Labute approximate surface area is 137 Å². The second kappa shape index (κ2) is 10.4. The van der Waals surface area contributed by atoms with E-state index in [9.17, 15) is 9.59 Å². The molecule has 0 aliphatic rings. The zero-order valence-electron chi connectivity index (χ0n) is 14.2. The van der Waals surface area contributed by atoms with Gasteiger partial charge in [-0.3, -0.25) is 9.59 Å². The van der Waals surface area contributed by atoms with Crippen LogP contribution in [0, 0.1) is 20.8 Å². The van der Waals surface area contributed by atoms with Crippen molar-refractivity contribution < 1.29 is 19.4 Å². The van der Waals surface area contributed by atoms with E-state index in [-0.39, 0.29) is 13.2 Å². The third kappa shape index (κ3) is 7.46. The molecule has 0 aromatic heterocycles. The van der Waals surface area contributed by atoms with Crippen molar-refractivity contribution in [1.82, 2.24) is 0 Å². The molecule has 0 saturated heterocycles. The van der Waals surface area contributed by atoms with Crippen LogP contribution in [0.5, 0.6) is 0 Å². The van der Waals surface area contributed by atoms with Crippen molar-refractivity contribution in [2.75, 3.05) is 18.5 Å². The van der Waals surface area contributed by atoms with E-state index in [2.05, 4.69) is 16.6 Å². The predicted octanol–water partition coefficient (Wildman–Crippen LogP) is 2.17. The van der Waals surface area contributed by atoms with E-state index in [0.29, 0.717) is 0 Å². The van der Waals surface area contributed by atoms with Crippen molar-refractivity contribution in [2.24, 2.45) is 5.73 Å². The molecule has 0 saturated carbocycles. The molecule has 6 nitrogen and oxygen atoms in total. The molecule has 0 spiro atoms. The number of aliphatic carboxylic acids is 1. The summed E-state index contributed by atoms with van der Waals surface area (Å²) in [5.74, 6) is -1.24. The zero-order valence-corrected chi connectivity index (χ0v) is 14.2. The van der Waals surface area contributed by atoms with Gasteiger partial charge in [0.25, 0.3) is 0 Å². The van der Waals surface area contributed by atoms with Gasteiger partial charge >= 0.3 is 11.9 Å². The summed E-state index contributed by atoms with van der Waals surface area (Å²) in [6.45, 7) is 11.2. The van der Waals surface area contributed by atoms with E-state index < -0.39 is 18.0 Å². The first-order valence-corrected chi connectivity index (χ1v) is 7.27. The normalized spacial score (nSPS) is 10.8. The highest BCUT2D eigenvalue weighted by atomic mass is 16.5. The van der Waals surface area contributed by atoms with Crippen molar-refractivity contribution >= 4 is 17.6 Å². The van der Waals surface area contributed by atoms with Gasteiger partial charge in [-0.25, -0.2) is 0 Å². The van der Waals surface area contributed by atoms with Crippen molar-refractivity contribution in [2.45, 2.75) is 33.7 Å². The number of aryl methyl sites for hydroxylation is 2. The first-order valence-electron chi connectivity index (χ1n) is 7.27. The van der Waals surface area contributed by atoms with Crippen LogP contribution in [0.2, 0.25) is 0 Å². The molecule has 128 valence electrons. The molecule has 0 radical (unpaired) electrons. The van der Waals surface area contributed by atoms with Crippen LogP contribution in [0.4, 0.5) is 5.69 Å². The molecule has 4 N–H and O–H groups in total. The van der Waals surface area contributed by atoms with Gasteiger partial charge in [-0.15, -0.1) is 0 Å². The van der Waals surface area contributed by atoms with Crippen molar-refractivity contribution in [3.05, 3.63) is 41.5 Å². The minimum absolute atomic E-state index is 0.0617. The minimum atomic E-state index is -0.838. The Morgan fingerprint density at radius 2 is 1.91 bits per heavy atom. The van der Waals surface area contributed by atoms with Crippen LogP contribution in [0.25, 0.3) is 0 Å². The van der Waals surface area contributed by atoms with E-state index in [4.69, 9.17) is 10.8 Å². The quantitative estimate of drug-likeness (QED) is 0.548. The molecule has 0 bridgehead atoms. The number of hydrogen-bond donors (Lipinski definition) is 3. The number of carbonyl (C=O) groups excluding carboxylic acids is 1. The van der Waals surface area contributed by atoms with Crippen molar-refractivity contribution in [3.8, 4) is 0 Å².